The predicted molar refractivity (Wildman–Crippen MR) is 82.5 cm³/mol. The lowest BCUT2D eigenvalue weighted by molar-refractivity contribution is 0.177. The molecule has 0 radical (unpaired) electrons. The molecule has 0 spiro atoms. The van der Waals surface area contributed by atoms with Crippen LogP contribution in [-0.2, 0) is 17.5 Å². The van der Waals surface area contributed by atoms with E-state index in [4.69, 9.17) is 15.2 Å². The fourth-order valence-electron chi connectivity index (χ4n) is 1.84. The van der Waals surface area contributed by atoms with E-state index < -0.39 is 37.9 Å². The Morgan fingerprint density at radius 2 is 2.48 bits per heavy atom. The summed E-state index contributed by atoms with van der Waals surface area (Å²) in [5.41, 5.74) is -0.531. The first-order valence-corrected chi connectivity index (χ1v) is 6.19. The number of alkyl carbamates (subject to hydrolysis) is 1. The summed E-state index contributed by atoms with van der Waals surface area (Å²) >= 11 is 0. The highest BCUT2D eigenvalue weighted by Gasteiger charge is 2.22. The van der Waals surface area contributed by atoms with Crippen LogP contribution in [0, 0.1) is 0 Å². The van der Waals surface area contributed by atoms with E-state index in [0.29, 0.717) is 0 Å². The van der Waals surface area contributed by atoms with E-state index in [2.05, 4.69) is 4.74 Å². The van der Waals surface area contributed by atoms with Gasteiger partial charge in [0, 0.05) is 31.8 Å². The summed E-state index contributed by atoms with van der Waals surface area (Å²) in [5, 5.41) is -0.263. The first-order chi connectivity index (χ1) is 14.3. The van der Waals surface area contributed by atoms with Gasteiger partial charge in [0.05, 0.1) is 10.1 Å². The third-order valence-corrected chi connectivity index (χ3v) is 2.73. The Balaban J connectivity index is 2.25. The van der Waals surface area contributed by atoms with Crippen molar-refractivity contribution in [3.05, 3.63) is 35.5 Å². The van der Waals surface area contributed by atoms with E-state index in [9.17, 15) is 4.79 Å². The van der Waals surface area contributed by atoms with E-state index in [1.54, 1.807) is 0 Å². The van der Waals surface area contributed by atoms with E-state index in [1.165, 1.54) is 20.2 Å². The molecule has 2 N–H and O–H groups in total. The molecule has 5 nitrogen and oxygen atoms in total. The van der Waals surface area contributed by atoms with Crippen LogP contribution >= 0.6 is 0 Å². The quantitative estimate of drug-likeness (QED) is 0.887. The lowest BCUT2D eigenvalue weighted by Crippen LogP contribution is -2.28. The third-order valence-electron chi connectivity index (χ3n) is 2.73. The Hall–Kier alpha value is -2.01. The van der Waals surface area contributed by atoms with Crippen molar-refractivity contribution in [2.45, 2.75) is 18.8 Å². The number of H-pyrrole nitrogens is 1. The van der Waals surface area contributed by atoms with Gasteiger partial charge in [-0.15, -0.1) is 0 Å². The van der Waals surface area contributed by atoms with Gasteiger partial charge in [-0.3, -0.25) is 0 Å². The third kappa shape index (κ3) is 3.19. The van der Waals surface area contributed by atoms with E-state index in [-0.39, 0.29) is 27.3 Å². The summed E-state index contributed by atoms with van der Waals surface area (Å²) in [7, 11) is 2.68. The van der Waals surface area contributed by atoms with Gasteiger partial charge in [0.15, 0.2) is 2.82 Å². The van der Waals surface area contributed by atoms with Crippen LogP contribution in [0.25, 0.3) is 10.9 Å². The van der Waals surface area contributed by atoms with Crippen LogP contribution in [0.15, 0.2) is 24.4 Å². The van der Waals surface area contributed by atoms with Gasteiger partial charge in [-0.05, 0) is 50.1 Å². The summed E-state index contributed by atoms with van der Waals surface area (Å²) in [6.45, 7) is -5.71. The Morgan fingerprint density at radius 3 is 3.19 bits per heavy atom. The number of likely N-dealkylation sites (N-methyl/N-ethyl adjacent to an activating group) is 1. The lowest BCUT2D eigenvalue weighted by Gasteiger charge is -2.09. The molecule has 1 aliphatic rings. The number of benzene rings is 1. The van der Waals surface area contributed by atoms with Gasteiger partial charge < -0.3 is 19.9 Å². The summed E-state index contributed by atoms with van der Waals surface area (Å²) in [4.78, 5) is 13.5. The fraction of sp³-hybridized carbons (Fsp3) is 0.438. The standard InChI is InChI=1S/C16H21N3O2/c1-19(2)6-5-12-9-17-15-4-3-11(8-14(12)15)7-13-10-21-16(20)18-13/h3-4,8-9,13,17H,5-7,10H2,1-2H3,(H,18,20)/t13-/m0/s1/i5D2,6D2,7D2,10D2,13D/hD2. The van der Waals surface area contributed by atoms with Crippen LogP contribution in [0.2, 0.25) is 2.82 Å². The second kappa shape index (κ2) is 5.77. The van der Waals surface area contributed by atoms with Crippen molar-refractivity contribution in [1.82, 2.24) is 15.2 Å². The minimum absolute atomic E-state index is 0.0389. The highest BCUT2D eigenvalue weighted by molar-refractivity contribution is 5.84. The molecule has 5 heteroatoms. The fourth-order valence-corrected chi connectivity index (χ4v) is 1.84. The summed E-state index contributed by atoms with van der Waals surface area (Å²) in [5.74, 6) is 0. The topological polar surface area (TPSA) is 57.4 Å². The first kappa shape index (κ1) is 6.01. The number of rotatable bonds is 5. The molecule has 1 aromatic carbocycles. The normalized spacial score (nSPS) is 34.3. The zero-order valence-electron chi connectivity index (χ0n) is 22.5. The zero-order valence-corrected chi connectivity index (χ0v) is 11.5. The molecule has 2 aromatic rings. The van der Waals surface area contributed by atoms with Gasteiger partial charge in [-0.25, -0.2) is 4.79 Å². The number of amides is 1. The Bertz CT molecular complexity index is 1080. The Kier molecular flexibility index (Phi) is 1.65. The SMILES string of the molecule is [2H]N1C(=O)OC([2H])([2H])[C@]1([2H])C([2H])([2H])c1ccc2c(c1)c(C([2H])([2H])C([2H])([2H])N(C)C)cn2[2H]. The Labute approximate surface area is 139 Å². The van der Waals surface area contributed by atoms with E-state index >= 15 is 0 Å². The predicted octanol–water partition coefficient (Wildman–Crippen LogP) is 1.92. The van der Waals surface area contributed by atoms with Gasteiger partial charge in [0.25, 0.3) is 0 Å². The molecule has 0 bridgehead atoms. The van der Waals surface area contributed by atoms with Crippen molar-refractivity contribution >= 4 is 17.0 Å². The molecule has 112 valence electrons. The molecule has 21 heavy (non-hydrogen) atoms. The molecule has 2 heterocycles. The van der Waals surface area contributed by atoms with E-state index in [1.807, 2.05) is 0 Å². The van der Waals surface area contributed by atoms with Crippen molar-refractivity contribution < 1.29 is 24.7 Å². The molecule has 1 aliphatic heterocycles. The number of hydrogen-bond donors (Lipinski definition) is 2. The highest BCUT2D eigenvalue weighted by Crippen LogP contribution is 2.21. The number of hydrogen-bond acceptors (Lipinski definition) is 3. The summed E-state index contributed by atoms with van der Waals surface area (Å²) < 4.78 is 94.2. The first-order valence-electron chi connectivity index (χ1n) is 11.6. The van der Waals surface area contributed by atoms with E-state index in [0.717, 1.165) is 28.2 Å². The molecular weight excluding hydrogens is 266 g/mol. The summed E-state index contributed by atoms with van der Waals surface area (Å²) in [6.07, 6.45) is -6.16. The van der Waals surface area contributed by atoms with Gasteiger partial charge in [0.2, 0.25) is 0 Å². The number of aryl methyl sites for hydroxylation is 1. The molecular formula is C16H21N3O2. The van der Waals surface area contributed by atoms with Crippen molar-refractivity contribution in [2.75, 3.05) is 27.2 Å². The smallest absolute Gasteiger partial charge is 0.407 e. The second-order valence-corrected chi connectivity index (χ2v) is 4.59. The number of nitrogens with one attached hydrogen (secondary N) is 2. The minimum Gasteiger partial charge on any atom is -0.447 e. The van der Waals surface area contributed by atoms with Crippen molar-refractivity contribution in [2.24, 2.45) is 0 Å². The highest BCUT2D eigenvalue weighted by atomic mass is 16.6. The van der Waals surface area contributed by atoms with Crippen molar-refractivity contribution in [3.8, 4) is 0 Å². The largest absolute Gasteiger partial charge is 0.447 e. The van der Waals surface area contributed by atoms with Crippen molar-refractivity contribution in [3.63, 3.8) is 0 Å². The van der Waals surface area contributed by atoms with Crippen LogP contribution < -0.4 is 5.31 Å². The van der Waals surface area contributed by atoms with Gasteiger partial charge in [-0.2, -0.15) is 0 Å². The number of fused-ring (bicyclic) bond motifs is 1. The maximum absolute atomic E-state index is 11.7. The average molecular weight is 298 g/mol. The molecule has 0 saturated carbocycles. The molecule has 0 aliphatic carbocycles. The van der Waals surface area contributed by atoms with Crippen LogP contribution in [0.5, 0.6) is 0 Å². The minimum atomic E-state index is -3.19. The second-order valence-electron chi connectivity index (χ2n) is 4.59. The van der Waals surface area contributed by atoms with Crippen molar-refractivity contribution in [1.29, 1.82) is 0 Å². The number of aromatic nitrogens is 1. The van der Waals surface area contributed by atoms with Gasteiger partial charge in [0.1, 0.15) is 6.56 Å². The maximum atomic E-state index is 11.7. The monoisotopic (exact) mass is 298 g/mol. The van der Waals surface area contributed by atoms with Crippen LogP contribution in [0.3, 0.4) is 0 Å². The molecule has 3 rings (SSSR count). The average Bonchev–Trinajstić information content (AvgIpc) is 3.09. The molecule has 1 fully saturated rings. The van der Waals surface area contributed by atoms with Gasteiger partial charge >= 0.3 is 6.09 Å². The number of nitrogens with zero attached hydrogens (tertiary/aromatic N) is 1. The lowest BCUT2D eigenvalue weighted by atomic mass is 10.0. The molecule has 1 saturated heterocycles. The molecule has 1 amide bonds. The maximum Gasteiger partial charge on any atom is 0.407 e. The number of cyclic esters (lactones) is 1. The number of aromatic amines is 1. The molecule has 0 unspecified atom stereocenters. The molecule has 1 aromatic heterocycles. The number of carbonyl (C=O) groups excluding carboxylic acids is 1. The number of ether oxygens (including phenoxy) is 1. The van der Waals surface area contributed by atoms with Crippen LogP contribution in [0.4, 0.5) is 4.79 Å². The molecule has 1 atom stereocenters. The summed E-state index contributed by atoms with van der Waals surface area (Å²) in [6, 6.07) is 0.301. The van der Waals surface area contributed by atoms with Crippen LogP contribution in [0.1, 0.15) is 23.5 Å². The van der Waals surface area contributed by atoms with Gasteiger partial charge in [-0.1, -0.05) is 6.07 Å². The van der Waals surface area contributed by atoms with Crippen LogP contribution in [-0.4, -0.2) is 49.1 Å². The zero-order chi connectivity index (χ0) is 24.7. The Morgan fingerprint density at radius 1 is 1.62 bits per heavy atom. The number of carbonyl (C=O) groups is 1.